The zero-order chi connectivity index (χ0) is 23.4. The van der Waals surface area contributed by atoms with E-state index in [1.54, 1.807) is 17.0 Å². The third-order valence-corrected chi connectivity index (χ3v) is 4.84. The van der Waals surface area contributed by atoms with Crippen LogP contribution in [-0.4, -0.2) is 72.1 Å². The van der Waals surface area contributed by atoms with Crippen LogP contribution < -0.4 is 0 Å². The first-order chi connectivity index (χ1) is 14.6. The summed E-state index contributed by atoms with van der Waals surface area (Å²) in [6.45, 7) is 1.48. The number of nitrogens with zero attached hydrogens (tertiary/aromatic N) is 2. The average Bonchev–Trinajstić information content (AvgIpc) is 2.72. The number of amides is 1. The van der Waals surface area contributed by atoms with Gasteiger partial charge in [-0.05, 0) is 50.5 Å². The Labute approximate surface area is 184 Å². The third-order valence-electron chi connectivity index (χ3n) is 3.76. The van der Waals surface area contributed by atoms with E-state index in [1.807, 2.05) is 50.3 Å². The molecular formula is C22H25FN2O5S. The van der Waals surface area contributed by atoms with E-state index < -0.39 is 11.9 Å². The summed E-state index contributed by atoms with van der Waals surface area (Å²) in [6.07, 6.45) is 1.12. The van der Waals surface area contributed by atoms with Crippen LogP contribution in [0.25, 0.3) is 0 Å². The number of likely N-dealkylation sites (N-methyl/N-ethyl adjacent to an activating group) is 2. The summed E-state index contributed by atoms with van der Waals surface area (Å²) >= 11 is 1.47. The molecule has 0 atom stereocenters. The van der Waals surface area contributed by atoms with E-state index in [0.717, 1.165) is 16.3 Å². The smallest absolute Gasteiger partial charge is 0.328 e. The minimum absolute atomic E-state index is 0.00272. The van der Waals surface area contributed by atoms with Gasteiger partial charge in [0.15, 0.2) is 0 Å². The van der Waals surface area contributed by atoms with Crippen LogP contribution in [0.4, 0.5) is 4.39 Å². The highest BCUT2D eigenvalue weighted by Crippen LogP contribution is 2.31. The fraction of sp³-hybridized carbons (Fsp3) is 0.227. The number of carboxylic acid groups (broad SMARTS) is 2. The zero-order valence-corrected chi connectivity index (χ0v) is 18.3. The van der Waals surface area contributed by atoms with Gasteiger partial charge in [0.05, 0.1) is 5.56 Å². The normalized spacial score (nSPS) is 10.5. The second-order valence-electron chi connectivity index (χ2n) is 6.59. The summed E-state index contributed by atoms with van der Waals surface area (Å²) in [5.41, 5.74) is 0.670. The maximum absolute atomic E-state index is 13.0. The number of hydrogen-bond donors (Lipinski definition) is 2. The van der Waals surface area contributed by atoms with E-state index in [1.165, 1.54) is 23.9 Å². The first-order valence-electron chi connectivity index (χ1n) is 9.16. The minimum atomic E-state index is -1.26. The van der Waals surface area contributed by atoms with Gasteiger partial charge in [-0.3, -0.25) is 4.79 Å². The van der Waals surface area contributed by atoms with E-state index >= 15 is 0 Å². The molecule has 2 aromatic rings. The summed E-state index contributed by atoms with van der Waals surface area (Å²) in [6, 6.07) is 13.8. The van der Waals surface area contributed by atoms with Gasteiger partial charge in [-0.15, -0.1) is 0 Å². The molecule has 0 heterocycles. The van der Waals surface area contributed by atoms with Crippen LogP contribution >= 0.6 is 11.8 Å². The van der Waals surface area contributed by atoms with E-state index in [0.29, 0.717) is 24.3 Å². The first kappa shape index (κ1) is 25.9. The Morgan fingerprint density at radius 2 is 1.45 bits per heavy atom. The van der Waals surface area contributed by atoms with Crippen molar-refractivity contribution in [3.8, 4) is 0 Å². The van der Waals surface area contributed by atoms with Crippen molar-refractivity contribution >= 4 is 29.6 Å². The van der Waals surface area contributed by atoms with Crippen molar-refractivity contribution in [2.24, 2.45) is 0 Å². The fourth-order valence-corrected chi connectivity index (χ4v) is 3.10. The lowest BCUT2D eigenvalue weighted by atomic mass is 10.2. The highest BCUT2D eigenvalue weighted by Gasteiger charge is 2.16. The third kappa shape index (κ3) is 10.4. The Morgan fingerprint density at radius 1 is 0.903 bits per heavy atom. The summed E-state index contributed by atoms with van der Waals surface area (Å²) in [5, 5.41) is 15.6. The molecule has 9 heteroatoms. The van der Waals surface area contributed by atoms with Crippen molar-refractivity contribution in [2.45, 2.75) is 9.79 Å². The Balaban J connectivity index is 0.000000512. The number of carbonyl (C=O) groups is 3. The first-order valence-corrected chi connectivity index (χ1v) is 9.98. The topological polar surface area (TPSA) is 98.2 Å². The molecule has 0 saturated heterocycles. The molecule has 0 unspecified atom stereocenters. The quantitative estimate of drug-likeness (QED) is 0.598. The summed E-state index contributed by atoms with van der Waals surface area (Å²) in [7, 11) is 5.78. The predicted octanol–water partition coefficient (Wildman–Crippen LogP) is 3.32. The zero-order valence-electron chi connectivity index (χ0n) is 17.5. The Morgan fingerprint density at radius 3 is 1.97 bits per heavy atom. The highest BCUT2D eigenvalue weighted by molar-refractivity contribution is 7.99. The minimum Gasteiger partial charge on any atom is -0.478 e. The highest BCUT2D eigenvalue weighted by atomic mass is 32.2. The molecule has 0 aliphatic rings. The van der Waals surface area contributed by atoms with Crippen molar-refractivity contribution in [1.82, 2.24) is 9.80 Å². The van der Waals surface area contributed by atoms with Crippen molar-refractivity contribution in [3.63, 3.8) is 0 Å². The van der Waals surface area contributed by atoms with Crippen molar-refractivity contribution < 1.29 is 29.0 Å². The van der Waals surface area contributed by atoms with Crippen LogP contribution in [0.3, 0.4) is 0 Å². The van der Waals surface area contributed by atoms with Crippen LogP contribution in [-0.2, 0) is 9.59 Å². The number of aliphatic carboxylic acids is 2. The van der Waals surface area contributed by atoms with E-state index in [-0.39, 0.29) is 11.7 Å². The van der Waals surface area contributed by atoms with E-state index in [2.05, 4.69) is 0 Å². The largest absolute Gasteiger partial charge is 0.478 e. The molecule has 0 bridgehead atoms. The molecule has 0 radical (unpaired) electrons. The molecule has 31 heavy (non-hydrogen) atoms. The Hall–Kier alpha value is -3.17. The van der Waals surface area contributed by atoms with E-state index in [4.69, 9.17) is 10.2 Å². The van der Waals surface area contributed by atoms with Gasteiger partial charge in [0.25, 0.3) is 5.91 Å². The SMILES string of the molecule is CN(C)CCN(C)C(=O)c1ccccc1Sc1ccc(F)cc1.O=C(O)C=CC(=O)O. The number of rotatable bonds is 8. The maximum Gasteiger partial charge on any atom is 0.328 e. The van der Waals surface area contributed by atoms with Crippen LogP contribution in [0.2, 0.25) is 0 Å². The Bertz CT molecular complexity index is 900. The number of carbonyl (C=O) groups excluding carboxylic acids is 1. The van der Waals surface area contributed by atoms with Gasteiger partial charge in [0.1, 0.15) is 5.82 Å². The number of carboxylic acids is 2. The van der Waals surface area contributed by atoms with Crippen LogP contribution in [0.15, 0.2) is 70.5 Å². The number of benzene rings is 2. The lowest BCUT2D eigenvalue weighted by molar-refractivity contribution is -0.134. The van der Waals surface area contributed by atoms with Gasteiger partial charge in [-0.2, -0.15) is 0 Å². The van der Waals surface area contributed by atoms with Gasteiger partial charge in [-0.1, -0.05) is 23.9 Å². The van der Waals surface area contributed by atoms with Gasteiger partial charge in [0, 0.05) is 42.1 Å². The van der Waals surface area contributed by atoms with Crippen LogP contribution in [0.1, 0.15) is 10.4 Å². The molecule has 2 rings (SSSR count). The van der Waals surface area contributed by atoms with Crippen molar-refractivity contribution in [1.29, 1.82) is 0 Å². The van der Waals surface area contributed by atoms with Gasteiger partial charge in [-0.25, -0.2) is 14.0 Å². The summed E-state index contributed by atoms with van der Waals surface area (Å²) < 4.78 is 13.0. The molecule has 0 saturated carbocycles. The lowest BCUT2D eigenvalue weighted by Crippen LogP contribution is -2.33. The Kier molecular flexibility index (Phi) is 11.0. The van der Waals surface area contributed by atoms with Gasteiger partial charge in [0.2, 0.25) is 0 Å². The average molecular weight is 449 g/mol. The molecular weight excluding hydrogens is 423 g/mol. The molecule has 1 amide bonds. The molecule has 2 aromatic carbocycles. The molecule has 166 valence electrons. The number of halogens is 1. The molecule has 7 nitrogen and oxygen atoms in total. The van der Waals surface area contributed by atoms with Crippen LogP contribution in [0.5, 0.6) is 0 Å². The molecule has 0 fully saturated rings. The maximum atomic E-state index is 13.0. The van der Waals surface area contributed by atoms with Crippen molar-refractivity contribution in [2.75, 3.05) is 34.2 Å². The molecule has 0 spiro atoms. The molecule has 0 aliphatic heterocycles. The molecule has 0 aromatic heterocycles. The summed E-state index contributed by atoms with van der Waals surface area (Å²) in [5.74, 6) is -2.78. The monoisotopic (exact) mass is 448 g/mol. The van der Waals surface area contributed by atoms with Gasteiger partial charge >= 0.3 is 11.9 Å². The van der Waals surface area contributed by atoms with E-state index in [9.17, 15) is 18.8 Å². The van der Waals surface area contributed by atoms with Gasteiger partial charge < -0.3 is 20.0 Å². The standard InChI is InChI=1S/C18H21FN2OS.C4H4O4/c1-20(2)12-13-21(3)18(22)16-6-4-5-7-17(16)23-15-10-8-14(19)9-11-15;5-3(6)1-2-4(7)8/h4-11H,12-13H2,1-3H3;1-2H,(H,5,6)(H,7,8). The molecule has 2 N–H and O–H groups in total. The van der Waals surface area contributed by atoms with Crippen LogP contribution in [0, 0.1) is 5.82 Å². The summed E-state index contributed by atoms with van der Waals surface area (Å²) in [4.78, 5) is 37.3. The predicted molar refractivity (Wildman–Crippen MR) is 117 cm³/mol. The van der Waals surface area contributed by atoms with Crippen molar-refractivity contribution in [3.05, 3.63) is 72.1 Å². The fourth-order valence-electron chi connectivity index (χ4n) is 2.16. The second kappa shape index (κ2) is 13.2. The number of hydrogen-bond acceptors (Lipinski definition) is 5. The second-order valence-corrected chi connectivity index (χ2v) is 7.71. The molecule has 0 aliphatic carbocycles. The lowest BCUT2D eigenvalue weighted by Gasteiger charge is -2.21.